The monoisotopic (exact) mass is 355 g/mol. The van der Waals surface area contributed by atoms with Gasteiger partial charge < -0.3 is 14.6 Å². The fourth-order valence-corrected chi connectivity index (χ4v) is 3.10. The van der Waals surface area contributed by atoms with E-state index >= 15 is 0 Å². The van der Waals surface area contributed by atoms with Crippen LogP contribution in [0.1, 0.15) is 52.0 Å². The standard InChI is InChI=1S/C16H23NO4S.C2H6/c1-16(2,3)21-15(19)17-10-11-9-12(22-8-7-20-4)5-6-13(11)14(17)18;1-2/h5-6,9,14,18H,7-8,10H2,1-4H3;1-2H3. The number of hydrogen-bond acceptors (Lipinski definition) is 5. The number of nitrogens with zero attached hydrogens (tertiary/aromatic N) is 1. The summed E-state index contributed by atoms with van der Waals surface area (Å²) in [6.45, 7) is 10.5. The number of fused-ring (bicyclic) bond motifs is 1. The number of hydrogen-bond donors (Lipinski definition) is 1. The summed E-state index contributed by atoms with van der Waals surface area (Å²) < 4.78 is 10.4. The molecule has 0 aromatic heterocycles. The number of aliphatic hydroxyl groups excluding tert-OH is 1. The smallest absolute Gasteiger partial charge is 0.412 e. The van der Waals surface area contributed by atoms with Crippen molar-refractivity contribution < 1.29 is 19.4 Å². The van der Waals surface area contributed by atoms with Crippen molar-refractivity contribution in [3.63, 3.8) is 0 Å². The Hall–Kier alpha value is -1.24. The van der Waals surface area contributed by atoms with Gasteiger partial charge in [0, 0.05) is 23.3 Å². The first-order valence-corrected chi connectivity index (χ1v) is 9.22. The maximum absolute atomic E-state index is 12.2. The molecule has 0 saturated carbocycles. The van der Waals surface area contributed by atoms with E-state index in [1.807, 2.05) is 52.8 Å². The Balaban J connectivity index is 0.00000139. The summed E-state index contributed by atoms with van der Waals surface area (Å²) >= 11 is 1.69. The summed E-state index contributed by atoms with van der Waals surface area (Å²) in [5.74, 6) is 0.869. The van der Waals surface area contributed by atoms with Crippen molar-refractivity contribution in [3.05, 3.63) is 29.3 Å². The summed E-state index contributed by atoms with van der Waals surface area (Å²) in [5, 5.41) is 10.3. The second-order valence-electron chi connectivity index (χ2n) is 6.18. The lowest BCUT2D eigenvalue weighted by atomic mass is 10.1. The van der Waals surface area contributed by atoms with E-state index in [2.05, 4.69) is 0 Å². The molecule has 1 aromatic carbocycles. The third-order valence-electron chi connectivity index (χ3n) is 3.21. The third kappa shape index (κ3) is 5.69. The summed E-state index contributed by atoms with van der Waals surface area (Å²) in [4.78, 5) is 14.6. The van der Waals surface area contributed by atoms with Crippen LogP contribution in [0.25, 0.3) is 0 Å². The van der Waals surface area contributed by atoms with Crippen LogP contribution in [0.2, 0.25) is 0 Å². The van der Waals surface area contributed by atoms with Crippen molar-refractivity contribution in [1.29, 1.82) is 0 Å². The highest BCUT2D eigenvalue weighted by Crippen LogP contribution is 2.35. The van der Waals surface area contributed by atoms with Gasteiger partial charge in [-0.05, 0) is 38.5 Å². The number of benzene rings is 1. The van der Waals surface area contributed by atoms with Crippen LogP contribution < -0.4 is 0 Å². The molecule has 5 nitrogen and oxygen atoms in total. The highest BCUT2D eigenvalue weighted by Gasteiger charge is 2.34. The molecule has 2 rings (SSSR count). The lowest BCUT2D eigenvalue weighted by Gasteiger charge is -2.26. The molecule has 0 spiro atoms. The van der Waals surface area contributed by atoms with E-state index in [-0.39, 0.29) is 0 Å². The first-order valence-electron chi connectivity index (χ1n) is 8.24. The van der Waals surface area contributed by atoms with Gasteiger partial charge >= 0.3 is 6.09 Å². The first kappa shape index (κ1) is 20.8. The van der Waals surface area contributed by atoms with E-state index in [9.17, 15) is 9.90 Å². The molecule has 0 radical (unpaired) electrons. The minimum Gasteiger partial charge on any atom is -0.444 e. The molecule has 1 heterocycles. The zero-order valence-corrected chi connectivity index (χ0v) is 16.3. The molecule has 0 saturated heterocycles. The number of thioether (sulfide) groups is 1. The fourth-order valence-electron chi connectivity index (χ4n) is 2.23. The molecular weight excluding hydrogens is 326 g/mol. The molecule has 6 heteroatoms. The third-order valence-corrected chi connectivity index (χ3v) is 4.17. The summed E-state index contributed by atoms with van der Waals surface area (Å²) in [5.41, 5.74) is 1.15. The van der Waals surface area contributed by atoms with Crippen LogP contribution in [0.15, 0.2) is 23.1 Å². The van der Waals surface area contributed by atoms with E-state index in [0.717, 1.165) is 21.8 Å². The zero-order valence-electron chi connectivity index (χ0n) is 15.5. The lowest BCUT2D eigenvalue weighted by molar-refractivity contribution is -0.0257. The fraction of sp³-hybridized carbons (Fsp3) is 0.611. The van der Waals surface area contributed by atoms with Crippen molar-refractivity contribution in [2.24, 2.45) is 0 Å². The van der Waals surface area contributed by atoms with Crippen molar-refractivity contribution in [3.8, 4) is 0 Å². The van der Waals surface area contributed by atoms with Gasteiger partial charge in [-0.3, -0.25) is 4.90 Å². The zero-order chi connectivity index (χ0) is 18.3. The molecule has 1 amide bonds. The Morgan fingerprint density at radius 3 is 2.62 bits per heavy atom. The Bertz CT molecular complexity index is 542. The largest absolute Gasteiger partial charge is 0.444 e. The average molecular weight is 356 g/mol. The SMILES string of the molecule is CC.COCCSc1ccc2c(c1)CN(C(=O)OC(C)(C)C)C2O. The van der Waals surface area contributed by atoms with E-state index in [0.29, 0.717) is 13.2 Å². The van der Waals surface area contributed by atoms with Crippen molar-refractivity contribution >= 4 is 17.9 Å². The van der Waals surface area contributed by atoms with Gasteiger partial charge in [0.1, 0.15) is 5.60 Å². The number of ether oxygens (including phenoxy) is 2. The van der Waals surface area contributed by atoms with E-state index < -0.39 is 17.9 Å². The van der Waals surface area contributed by atoms with Gasteiger partial charge in [0.15, 0.2) is 6.23 Å². The van der Waals surface area contributed by atoms with Crippen molar-refractivity contribution in [2.45, 2.75) is 57.9 Å². The minimum absolute atomic E-state index is 0.365. The normalized spacial score (nSPS) is 16.3. The van der Waals surface area contributed by atoms with Gasteiger partial charge in [-0.1, -0.05) is 19.9 Å². The maximum atomic E-state index is 12.2. The van der Waals surface area contributed by atoms with Crippen LogP contribution in [-0.4, -0.2) is 41.2 Å². The summed E-state index contributed by atoms with van der Waals surface area (Å²) in [6.07, 6.45) is -1.44. The number of methoxy groups -OCH3 is 1. The molecule has 0 fully saturated rings. The predicted octanol–water partition coefficient (Wildman–Crippen LogP) is 4.19. The number of aliphatic hydroxyl groups is 1. The van der Waals surface area contributed by atoms with Gasteiger partial charge in [0.05, 0.1) is 13.2 Å². The average Bonchev–Trinajstić information content (AvgIpc) is 2.85. The highest BCUT2D eigenvalue weighted by atomic mass is 32.2. The molecule has 0 bridgehead atoms. The molecule has 1 aliphatic heterocycles. The summed E-state index contributed by atoms with van der Waals surface area (Å²) in [6, 6.07) is 5.85. The van der Waals surface area contributed by atoms with Gasteiger partial charge in [-0.2, -0.15) is 0 Å². The number of rotatable bonds is 4. The van der Waals surface area contributed by atoms with Gasteiger partial charge in [0.2, 0.25) is 0 Å². The van der Waals surface area contributed by atoms with Crippen LogP contribution in [0.5, 0.6) is 0 Å². The molecule has 1 aromatic rings. The van der Waals surface area contributed by atoms with E-state index in [4.69, 9.17) is 9.47 Å². The van der Waals surface area contributed by atoms with Gasteiger partial charge in [-0.25, -0.2) is 4.79 Å². The Morgan fingerprint density at radius 1 is 1.38 bits per heavy atom. The van der Waals surface area contributed by atoms with Crippen LogP contribution in [0.4, 0.5) is 4.79 Å². The second-order valence-corrected chi connectivity index (χ2v) is 7.35. The highest BCUT2D eigenvalue weighted by molar-refractivity contribution is 7.99. The van der Waals surface area contributed by atoms with Crippen LogP contribution in [0.3, 0.4) is 0 Å². The molecule has 1 N–H and O–H groups in total. The van der Waals surface area contributed by atoms with Crippen LogP contribution in [0, 0.1) is 0 Å². The summed E-state index contributed by atoms with van der Waals surface area (Å²) in [7, 11) is 1.68. The topological polar surface area (TPSA) is 59.0 Å². The molecule has 24 heavy (non-hydrogen) atoms. The first-order chi connectivity index (χ1) is 11.3. The van der Waals surface area contributed by atoms with Crippen LogP contribution >= 0.6 is 11.8 Å². The number of carbonyl (C=O) groups is 1. The molecule has 1 aliphatic rings. The predicted molar refractivity (Wildman–Crippen MR) is 97.1 cm³/mol. The van der Waals surface area contributed by atoms with Crippen molar-refractivity contribution in [2.75, 3.05) is 19.5 Å². The quantitative estimate of drug-likeness (QED) is 0.648. The maximum Gasteiger partial charge on any atom is 0.412 e. The van der Waals surface area contributed by atoms with Gasteiger partial charge in [-0.15, -0.1) is 11.8 Å². The Labute approximate surface area is 149 Å². The molecule has 1 atom stereocenters. The minimum atomic E-state index is -0.942. The van der Waals surface area contributed by atoms with E-state index in [1.165, 1.54) is 4.90 Å². The molecule has 1 unspecified atom stereocenters. The van der Waals surface area contributed by atoms with Crippen molar-refractivity contribution in [1.82, 2.24) is 4.90 Å². The second kappa shape index (κ2) is 9.30. The number of amides is 1. The molecule has 0 aliphatic carbocycles. The molecular formula is C18H29NO4S. The lowest BCUT2D eigenvalue weighted by Crippen LogP contribution is -2.35. The van der Waals surface area contributed by atoms with Crippen LogP contribution in [-0.2, 0) is 16.0 Å². The van der Waals surface area contributed by atoms with Gasteiger partial charge in [0.25, 0.3) is 0 Å². The van der Waals surface area contributed by atoms with E-state index in [1.54, 1.807) is 18.9 Å². The Kier molecular flexibility index (Phi) is 8.06. The molecule has 136 valence electrons. The Morgan fingerprint density at radius 2 is 2.04 bits per heavy atom. The number of carbonyl (C=O) groups excluding carboxylic acids is 1.